The highest BCUT2D eigenvalue weighted by molar-refractivity contribution is 6.30. The van der Waals surface area contributed by atoms with Gasteiger partial charge in [0.1, 0.15) is 19.0 Å². The van der Waals surface area contributed by atoms with Crippen molar-refractivity contribution < 1.29 is 34.4 Å². The molecule has 0 fully saturated rings. The maximum Gasteiger partial charge on any atom is 0.307 e. The van der Waals surface area contributed by atoms with E-state index in [1.54, 1.807) is 56.5 Å². The lowest BCUT2D eigenvalue weighted by atomic mass is 10.1. The third kappa shape index (κ3) is 5.69. The van der Waals surface area contributed by atoms with Crippen molar-refractivity contribution >= 4 is 40.2 Å². The number of hydrogen-bond acceptors (Lipinski definition) is 6. The lowest BCUT2D eigenvalue weighted by Crippen LogP contribution is -2.14. The standard InChI is InChI=1S/C19H16ClNO4.C3H6O3/c1-11-15(10-18(22)23)16-9-14(25-2)7-8-17(16)21(11)19(24)12-3-5-13(20)6-4-12;4-1-3(6)2-5/h3-9H,10H2,1-2H3,(H,22,23);4-5H,1-2H2. The third-order valence-electron chi connectivity index (χ3n) is 4.52. The molecule has 0 aliphatic heterocycles. The largest absolute Gasteiger partial charge is 0.497 e. The van der Waals surface area contributed by atoms with E-state index in [1.807, 2.05) is 0 Å². The summed E-state index contributed by atoms with van der Waals surface area (Å²) in [6.45, 7) is 0.631. The van der Waals surface area contributed by atoms with Gasteiger partial charge in [-0.1, -0.05) is 11.6 Å². The molecule has 0 amide bonds. The van der Waals surface area contributed by atoms with Gasteiger partial charge in [-0.05, 0) is 55.0 Å². The predicted octanol–water partition coefficient (Wildman–Crippen LogP) is 2.47. The van der Waals surface area contributed by atoms with Gasteiger partial charge in [-0.2, -0.15) is 0 Å². The van der Waals surface area contributed by atoms with Gasteiger partial charge in [0.25, 0.3) is 5.91 Å². The average Bonchev–Trinajstić information content (AvgIpc) is 3.03. The molecule has 3 rings (SSSR count). The summed E-state index contributed by atoms with van der Waals surface area (Å²) >= 11 is 5.89. The second kappa shape index (κ2) is 10.7. The van der Waals surface area contributed by atoms with E-state index >= 15 is 0 Å². The zero-order chi connectivity index (χ0) is 23.1. The van der Waals surface area contributed by atoms with Crippen LogP contribution in [0.5, 0.6) is 5.75 Å². The molecule has 1 heterocycles. The van der Waals surface area contributed by atoms with Crippen LogP contribution in [0.25, 0.3) is 10.9 Å². The van der Waals surface area contributed by atoms with E-state index in [0.29, 0.717) is 38.5 Å². The fourth-order valence-corrected chi connectivity index (χ4v) is 3.12. The molecule has 164 valence electrons. The van der Waals surface area contributed by atoms with Gasteiger partial charge in [-0.25, -0.2) is 0 Å². The van der Waals surface area contributed by atoms with Crippen LogP contribution >= 0.6 is 11.6 Å². The minimum atomic E-state index is -0.955. The lowest BCUT2D eigenvalue weighted by molar-refractivity contribution is -0.136. The Morgan fingerprint density at radius 3 is 2.13 bits per heavy atom. The molecule has 0 radical (unpaired) electrons. The summed E-state index contributed by atoms with van der Waals surface area (Å²) in [5.74, 6) is -1.13. The van der Waals surface area contributed by atoms with Gasteiger partial charge in [-0.15, -0.1) is 0 Å². The molecule has 0 atom stereocenters. The highest BCUT2D eigenvalue weighted by atomic mass is 35.5. The number of aliphatic carboxylic acids is 1. The molecule has 3 N–H and O–H groups in total. The molecule has 2 aromatic carbocycles. The van der Waals surface area contributed by atoms with Gasteiger partial charge in [0.2, 0.25) is 0 Å². The third-order valence-corrected chi connectivity index (χ3v) is 4.77. The maximum atomic E-state index is 13.0. The number of methoxy groups -OCH3 is 1. The van der Waals surface area contributed by atoms with Crippen molar-refractivity contribution in [3.8, 4) is 5.75 Å². The Morgan fingerprint density at radius 1 is 1.03 bits per heavy atom. The van der Waals surface area contributed by atoms with Crippen LogP contribution in [0, 0.1) is 6.92 Å². The SMILES string of the molecule is COc1ccc2c(c1)c(CC(=O)O)c(C)n2C(=O)c1ccc(Cl)cc1.O=C(CO)CO. The number of Topliss-reactive ketones (excluding diaryl/α,β-unsaturated/α-hetero) is 1. The van der Waals surface area contributed by atoms with Crippen LogP contribution in [-0.4, -0.2) is 57.9 Å². The average molecular weight is 448 g/mol. The van der Waals surface area contributed by atoms with Gasteiger partial charge in [-0.3, -0.25) is 19.0 Å². The molecule has 0 unspecified atom stereocenters. The molecule has 3 aromatic rings. The summed E-state index contributed by atoms with van der Waals surface area (Å²) < 4.78 is 6.77. The van der Waals surface area contributed by atoms with E-state index in [0.717, 1.165) is 0 Å². The topological polar surface area (TPSA) is 126 Å². The van der Waals surface area contributed by atoms with E-state index in [9.17, 15) is 19.5 Å². The van der Waals surface area contributed by atoms with Crippen LogP contribution in [0.3, 0.4) is 0 Å². The molecule has 0 saturated heterocycles. The first-order valence-electron chi connectivity index (χ1n) is 9.16. The number of carboxylic acid groups (broad SMARTS) is 1. The summed E-state index contributed by atoms with van der Waals surface area (Å²) in [5, 5.41) is 26.1. The molecule has 0 saturated carbocycles. The van der Waals surface area contributed by atoms with Gasteiger partial charge < -0.3 is 20.1 Å². The Bertz CT molecular complexity index is 1100. The van der Waals surface area contributed by atoms with Crippen LogP contribution < -0.4 is 4.74 Å². The summed E-state index contributed by atoms with van der Waals surface area (Å²) in [6.07, 6.45) is -0.170. The fraction of sp³-hybridized carbons (Fsp3) is 0.227. The number of aliphatic hydroxyl groups is 2. The number of rotatable bonds is 6. The van der Waals surface area contributed by atoms with Crippen molar-refractivity contribution in [3.05, 3.63) is 64.3 Å². The minimum absolute atomic E-state index is 0.170. The van der Waals surface area contributed by atoms with Crippen molar-refractivity contribution in [1.29, 1.82) is 0 Å². The van der Waals surface area contributed by atoms with Crippen molar-refractivity contribution in [2.24, 2.45) is 0 Å². The number of hydrogen-bond donors (Lipinski definition) is 3. The number of aliphatic hydroxyl groups excluding tert-OH is 2. The Kier molecular flexibility index (Phi) is 8.32. The van der Waals surface area contributed by atoms with Crippen LogP contribution in [0.1, 0.15) is 21.6 Å². The van der Waals surface area contributed by atoms with E-state index in [-0.39, 0.29) is 12.3 Å². The number of carboxylic acids is 1. The van der Waals surface area contributed by atoms with E-state index in [1.165, 1.54) is 4.57 Å². The number of benzene rings is 2. The first-order valence-corrected chi connectivity index (χ1v) is 9.54. The molecule has 0 aliphatic carbocycles. The smallest absolute Gasteiger partial charge is 0.307 e. The highest BCUT2D eigenvalue weighted by Gasteiger charge is 2.21. The molecular formula is C22H22ClNO7. The van der Waals surface area contributed by atoms with E-state index in [4.69, 9.17) is 26.6 Å². The van der Waals surface area contributed by atoms with Crippen molar-refractivity contribution in [1.82, 2.24) is 4.57 Å². The summed E-state index contributed by atoms with van der Waals surface area (Å²) in [4.78, 5) is 33.9. The Morgan fingerprint density at radius 2 is 1.65 bits per heavy atom. The number of fused-ring (bicyclic) bond motifs is 1. The van der Waals surface area contributed by atoms with Crippen LogP contribution in [0.15, 0.2) is 42.5 Å². The molecule has 1 aromatic heterocycles. The lowest BCUT2D eigenvalue weighted by Gasteiger charge is -2.08. The van der Waals surface area contributed by atoms with Crippen molar-refractivity contribution in [2.45, 2.75) is 13.3 Å². The predicted molar refractivity (Wildman–Crippen MR) is 115 cm³/mol. The quantitative estimate of drug-likeness (QED) is 0.529. The first kappa shape index (κ1) is 24.1. The Labute approximate surface area is 183 Å². The van der Waals surface area contributed by atoms with Gasteiger partial charge >= 0.3 is 5.97 Å². The van der Waals surface area contributed by atoms with Gasteiger partial charge in [0, 0.05) is 21.7 Å². The molecule has 31 heavy (non-hydrogen) atoms. The zero-order valence-corrected chi connectivity index (χ0v) is 17.7. The summed E-state index contributed by atoms with van der Waals surface area (Å²) in [7, 11) is 1.54. The number of nitrogens with zero attached hydrogens (tertiary/aromatic N) is 1. The van der Waals surface area contributed by atoms with Gasteiger partial charge in [0.05, 0.1) is 19.0 Å². The monoisotopic (exact) mass is 447 g/mol. The molecular weight excluding hydrogens is 426 g/mol. The molecule has 0 spiro atoms. The second-order valence-electron chi connectivity index (χ2n) is 6.52. The maximum absolute atomic E-state index is 13.0. The number of aromatic nitrogens is 1. The van der Waals surface area contributed by atoms with Crippen molar-refractivity contribution in [3.63, 3.8) is 0 Å². The molecule has 0 bridgehead atoms. The molecule has 8 nitrogen and oxygen atoms in total. The highest BCUT2D eigenvalue weighted by Crippen LogP contribution is 2.30. The number of carbonyl (C=O) groups excluding carboxylic acids is 2. The minimum Gasteiger partial charge on any atom is -0.497 e. The summed E-state index contributed by atoms with van der Waals surface area (Å²) in [6, 6.07) is 11.9. The van der Waals surface area contributed by atoms with Crippen molar-refractivity contribution in [2.75, 3.05) is 20.3 Å². The number of halogens is 1. The Hall–Kier alpha value is -3.20. The zero-order valence-electron chi connectivity index (χ0n) is 17.0. The second-order valence-corrected chi connectivity index (χ2v) is 6.96. The molecule has 9 heteroatoms. The number of ether oxygens (including phenoxy) is 1. The van der Waals surface area contributed by atoms with E-state index in [2.05, 4.69) is 0 Å². The van der Waals surface area contributed by atoms with Gasteiger partial charge in [0.15, 0.2) is 5.78 Å². The first-order chi connectivity index (χ1) is 14.7. The normalized spacial score (nSPS) is 10.4. The fourth-order valence-electron chi connectivity index (χ4n) is 3.00. The summed E-state index contributed by atoms with van der Waals surface area (Å²) in [5.41, 5.74) is 2.32. The number of ketones is 1. The molecule has 0 aliphatic rings. The van der Waals surface area contributed by atoms with Crippen LogP contribution in [0.2, 0.25) is 5.02 Å². The number of carbonyl (C=O) groups is 3. The van der Waals surface area contributed by atoms with Crippen LogP contribution in [0.4, 0.5) is 0 Å². The van der Waals surface area contributed by atoms with E-state index < -0.39 is 25.0 Å². The van der Waals surface area contributed by atoms with Crippen LogP contribution in [-0.2, 0) is 16.0 Å². The Balaban J connectivity index is 0.000000501.